The summed E-state index contributed by atoms with van der Waals surface area (Å²) in [5.74, 6) is -0.807. The minimum absolute atomic E-state index is 0.243. The number of aryl methyl sites for hydroxylation is 1. The average molecular weight is 316 g/mol. The molecule has 0 fully saturated rings. The van der Waals surface area contributed by atoms with Crippen molar-refractivity contribution in [3.63, 3.8) is 0 Å². The Balaban J connectivity index is 2.16. The summed E-state index contributed by atoms with van der Waals surface area (Å²) in [6.45, 7) is 5.14. The SMILES string of the molecule is Cc1ccccc1CN(CCN(C)C)Cc1cccc(F)c1O. The second-order valence-corrected chi connectivity index (χ2v) is 6.19. The van der Waals surface area contributed by atoms with Gasteiger partial charge in [-0.15, -0.1) is 0 Å². The second-order valence-electron chi connectivity index (χ2n) is 6.19. The zero-order valence-corrected chi connectivity index (χ0v) is 14.1. The average Bonchev–Trinajstić information content (AvgIpc) is 2.51. The molecule has 0 saturated heterocycles. The number of phenolic OH excluding ortho intramolecular Hbond substituents is 1. The van der Waals surface area contributed by atoms with Gasteiger partial charge in [0.2, 0.25) is 0 Å². The van der Waals surface area contributed by atoms with Gasteiger partial charge in [-0.25, -0.2) is 4.39 Å². The fraction of sp³-hybridized carbons (Fsp3) is 0.368. The van der Waals surface area contributed by atoms with Gasteiger partial charge >= 0.3 is 0 Å². The molecule has 2 rings (SSSR count). The lowest BCUT2D eigenvalue weighted by atomic mass is 10.1. The third kappa shape index (κ3) is 5.05. The van der Waals surface area contributed by atoms with Crippen LogP contribution in [0.3, 0.4) is 0 Å². The van der Waals surface area contributed by atoms with E-state index in [-0.39, 0.29) is 5.75 Å². The Labute approximate surface area is 138 Å². The van der Waals surface area contributed by atoms with Gasteiger partial charge < -0.3 is 10.0 Å². The zero-order valence-electron chi connectivity index (χ0n) is 14.1. The zero-order chi connectivity index (χ0) is 16.8. The van der Waals surface area contributed by atoms with Crippen LogP contribution in [0.5, 0.6) is 5.75 Å². The molecule has 0 amide bonds. The maximum Gasteiger partial charge on any atom is 0.165 e. The molecule has 0 saturated carbocycles. The fourth-order valence-corrected chi connectivity index (χ4v) is 2.51. The third-order valence-electron chi connectivity index (χ3n) is 3.98. The van der Waals surface area contributed by atoms with Crippen LogP contribution in [0.15, 0.2) is 42.5 Å². The first-order valence-corrected chi connectivity index (χ1v) is 7.85. The second kappa shape index (κ2) is 8.09. The van der Waals surface area contributed by atoms with E-state index in [2.05, 4.69) is 28.9 Å². The van der Waals surface area contributed by atoms with Crippen LogP contribution in [-0.4, -0.2) is 42.1 Å². The van der Waals surface area contributed by atoms with E-state index in [1.54, 1.807) is 12.1 Å². The number of nitrogens with zero attached hydrogens (tertiary/aromatic N) is 2. The van der Waals surface area contributed by atoms with Crippen molar-refractivity contribution < 1.29 is 9.50 Å². The van der Waals surface area contributed by atoms with Gasteiger partial charge in [-0.05, 0) is 38.2 Å². The Morgan fingerprint density at radius 1 is 0.913 bits per heavy atom. The summed E-state index contributed by atoms with van der Waals surface area (Å²) in [5, 5.41) is 9.93. The molecular weight excluding hydrogens is 291 g/mol. The van der Waals surface area contributed by atoms with E-state index in [0.29, 0.717) is 12.1 Å². The fourth-order valence-electron chi connectivity index (χ4n) is 2.51. The van der Waals surface area contributed by atoms with E-state index < -0.39 is 5.82 Å². The lowest BCUT2D eigenvalue weighted by Gasteiger charge is -2.25. The summed E-state index contributed by atoms with van der Waals surface area (Å²) in [5.41, 5.74) is 3.12. The predicted molar refractivity (Wildman–Crippen MR) is 91.9 cm³/mol. The molecule has 0 aliphatic rings. The lowest BCUT2D eigenvalue weighted by Crippen LogP contribution is -2.31. The van der Waals surface area contributed by atoms with Crippen molar-refractivity contribution in [2.45, 2.75) is 20.0 Å². The number of hydrogen-bond donors (Lipinski definition) is 1. The van der Waals surface area contributed by atoms with E-state index in [0.717, 1.165) is 19.6 Å². The summed E-state index contributed by atoms with van der Waals surface area (Å²) in [6.07, 6.45) is 0. The van der Waals surface area contributed by atoms with E-state index in [1.165, 1.54) is 17.2 Å². The normalized spacial score (nSPS) is 11.4. The van der Waals surface area contributed by atoms with E-state index in [4.69, 9.17) is 0 Å². The Morgan fingerprint density at radius 3 is 2.26 bits per heavy atom. The van der Waals surface area contributed by atoms with Crippen LogP contribution in [0.4, 0.5) is 4.39 Å². The number of para-hydroxylation sites is 1. The highest BCUT2D eigenvalue weighted by molar-refractivity contribution is 5.33. The van der Waals surface area contributed by atoms with E-state index >= 15 is 0 Å². The van der Waals surface area contributed by atoms with Crippen LogP contribution in [0, 0.1) is 12.7 Å². The Morgan fingerprint density at radius 2 is 1.57 bits per heavy atom. The molecular formula is C19H25FN2O. The molecule has 23 heavy (non-hydrogen) atoms. The highest BCUT2D eigenvalue weighted by Gasteiger charge is 2.13. The monoisotopic (exact) mass is 316 g/mol. The first-order valence-electron chi connectivity index (χ1n) is 7.85. The standard InChI is InChI=1S/C19H25FN2O/c1-15-7-4-5-8-16(15)13-22(12-11-21(2)3)14-17-9-6-10-18(20)19(17)23/h4-10,23H,11-14H2,1-3H3. The smallest absolute Gasteiger partial charge is 0.165 e. The molecule has 2 aromatic carbocycles. The number of halogens is 1. The van der Waals surface area contributed by atoms with Crippen molar-refractivity contribution in [3.05, 3.63) is 65.0 Å². The van der Waals surface area contributed by atoms with Crippen molar-refractivity contribution in [2.75, 3.05) is 27.2 Å². The summed E-state index contributed by atoms with van der Waals surface area (Å²) in [6, 6.07) is 13.0. The topological polar surface area (TPSA) is 26.7 Å². The van der Waals surface area contributed by atoms with Crippen LogP contribution in [0.25, 0.3) is 0 Å². The molecule has 1 N–H and O–H groups in total. The molecule has 0 aliphatic carbocycles. The van der Waals surface area contributed by atoms with E-state index in [9.17, 15) is 9.50 Å². The molecule has 0 spiro atoms. The molecule has 0 unspecified atom stereocenters. The minimum Gasteiger partial charge on any atom is -0.505 e. The molecule has 0 bridgehead atoms. The minimum atomic E-state index is -0.564. The highest BCUT2D eigenvalue weighted by Crippen LogP contribution is 2.23. The molecule has 2 aromatic rings. The van der Waals surface area contributed by atoms with E-state index in [1.807, 2.05) is 26.2 Å². The molecule has 0 heterocycles. The van der Waals surface area contributed by atoms with Gasteiger partial charge in [-0.1, -0.05) is 36.4 Å². The van der Waals surface area contributed by atoms with Crippen molar-refractivity contribution in [1.29, 1.82) is 0 Å². The van der Waals surface area contributed by atoms with Crippen molar-refractivity contribution >= 4 is 0 Å². The summed E-state index contributed by atoms with van der Waals surface area (Å²) < 4.78 is 13.6. The van der Waals surface area contributed by atoms with Crippen molar-refractivity contribution in [3.8, 4) is 5.75 Å². The van der Waals surface area contributed by atoms with Crippen LogP contribution >= 0.6 is 0 Å². The Hall–Kier alpha value is -1.91. The summed E-state index contributed by atoms with van der Waals surface area (Å²) in [7, 11) is 4.07. The van der Waals surface area contributed by atoms with Gasteiger partial charge in [0, 0.05) is 31.7 Å². The first-order chi connectivity index (χ1) is 11.0. The van der Waals surface area contributed by atoms with Crippen molar-refractivity contribution in [2.24, 2.45) is 0 Å². The molecule has 0 aliphatic heterocycles. The van der Waals surface area contributed by atoms with Crippen LogP contribution in [-0.2, 0) is 13.1 Å². The Kier molecular flexibility index (Phi) is 6.13. The lowest BCUT2D eigenvalue weighted by molar-refractivity contribution is 0.223. The molecule has 0 atom stereocenters. The van der Waals surface area contributed by atoms with Crippen LogP contribution in [0.2, 0.25) is 0 Å². The number of hydrogen-bond acceptors (Lipinski definition) is 3. The largest absolute Gasteiger partial charge is 0.505 e. The quantitative estimate of drug-likeness (QED) is 0.848. The summed E-state index contributed by atoms with van der Waals surface area (Å²) in [4.78, 5) is 4.35. The highest BCUT2D eigenvalue weighted by atomic mass is 19.1. The molecule has 0 aromatic heterocycles. The Bertz CT molecular complexity index is 643. The molecule has 3 nitrogen and oxygen atoms in total. The number of benzene rings is 2. The number of aromatic hydroxyl groups is 1. The number of likely N-dealkylation sites (N-methyl/N-ethyl adjacent to an activating group) is 1. The van der Waals surface area contributed by atoms with Crippen molar-refractivity contribution in [1.82, 2.24) is 9.80 Å². The summed E-state index contributed by atoms with van der Waals surface area (Å²) >= 11 is 0. The maximum atomic E-state index is 13.6. The van der Waals surface area contributed by atoms with Gasteiger partial charge in [-0.2, -0.15) is 0 Å². The number of rotatable bonds is 7. The van der Waals surface area contributed by atoms with Gasteiger partial charge in [0.1, 0.15) is 0 Å². The molecule has 0 radical (unpaired) electrons. The first kappa shape index (κ1) is 17.4. The van der Waals surface area contributed by atoms with Crippen LogP contribution in [0.1, 0.15) is 16.7 Å². The van der Waals surface area contributed by atoms with Gasteiger partial charge in [0.15, 0.2) is 11.6 Å². The van der Waals surface area contributed by atoms with Gasteiger partial charge in [0.25, 0.3) is 0 Å². The maximum absolute atomic E-state index is 13.6. The predicted octanol–water partition coefficient (Wildman–Crippen LogP) is 3.40. The van der Waals surface area contributed by atoms with Gasteiger partial charge in [0.05, 0.1) is 0 Å². The van der Waals surface area contributed by atoms with Crippen LogP contribution < -0.4 is 0 Å². The molecule has 4 heteroatoms. The third-order valence-corrected chi connectivity index (χ3v) is 3.98. The van der Waals surface area contributed by atoms with Gasteiger partial charge in [-0.3, -0.25) is 4.90 Å². The molecule has 124 valence electrons. The number of phenols is 1.